The first-order valence-corrected chi connectivity index (χ1v) is 24.5. The second-order valence-corrected chi connectivity index (χ2v) is 18.9. The molecule has 1 spiro atoms. The number of benzene rings is 11. The highest BCUT2D eigenvalue weighted by Crippen LogP contribution is 2.64. The van der Waals surface area contributed by atoms with E-state index in [4.69, 9.17) is 0 Å². The number of hydrogen-bond donors (Lipinski definition) is 0. The van der Waals surface area contributed by atoms with Crippen molar-refractivity contribution in [3.05, 3.63) is 295 Å². The van der Waals surface area contributed by atoms with E-state index in [1.165, 1.54) is 99.7 Å². The smallest absolute Gasteiger partial charge is 0.0726 e. The third kappa shape index (κ3) is 6.28. The number of anilines is 3. The van der Waals surface area contributed by atoms with E-state index in [1.54, 1.807) is 0 Å². The summed E-state index contributed by atoms with van der Waals surface area (Å²) in [6, 6.07) is 96.3. The highest BCUT2D eigenvalue weighted by atomic mass is 15.1. The van der Waals surface area contributed by atoms with Crippen LogP contribution in [0.25, 0.3) is 89.2 Å². The molecular weight excluding hydrogens is 857 g/mol. The van der Waals surface area contributed by atoms with Gasteiger partial charge in [0.1, 0.15) is 0 Å². The fourth-order valence-corrected chi connectivity index (χ4v) is 12.0. The maximum absolute atomic E-state index is 4.08. The molecule has 2 nitrogen and oxygen atoms in total. The Morgan fingerprint density at radius 2 is 0.803 bits per heavy atom. The van der Waals surface area contributed by atoms with Gasteiger partial charge in [-0.15, -0.1) is 0 Å². The van der Waals surface area contributed by atoms with E-state index in [2.05, 4.69) is 277 Å². The number of aromatic nitrogens is 1. The highest BCUT2D eigenvalue weighted by Gasteiger charge is 2.52. The molecule has 0 saturated carbocycles. The molecule has 12 aromatic rings. The standard InChI is InChI=1S/C69H46N2/c1-2-46-16-15-19-50(42-46)52-32-39-59-57-22-9-12-25-63(57)69(65(59)44-52)64-26-13-10-23-58(64)60-40-38-56(45-66(60)69)70(54-34-28-48(29-35-54)47-17-5-3-6-18-47)55-36-30-49(31-37-55)51-33-41-68-62(43-51)61-24-11-14-27-67(61)71(68)53-20-7-4-8-21-53/h2-45H,1H2. The first kappa shape index (κ1) is 40.8. The van der Waals surface area contributed by atoms with E-state index in [0.717, 1.165) is 28.3 Å². The van der Waals surface area contributed by atoms with Crippen molar-refractivity contribution in [1.29, 1.82) is 0 Å². The quantitative estimate of drug-likeness (QED) is 0.147. The zero-order valence-electron chi connectivity index (χ0n) is 39.0. The Balaban J connectivity index is 0.937. The first-order valence-electron chi connectivity index (χ1n) is 24.5. The van der Waals surface area contributed by atoms with Crippen molar-refractivity contribution in [2.75, 3.05) is 4.90 Å². The van der Waals surface area contributed by atoms with Crippen molar-refractivity contribution in [3.8, 4) is 61.3 Å². The van der Waals surface area contributed by atoms with Crippen molar-refractivity contribution in [2.45, 2.75) is 5.41 Å². The number of para-hydroxylation sites is 2. The number of rotatable bonds is 8. The largest absolute Gasteiger partial charge is 0.310 e. The number of hydrogen-bond acceptors (Lipinski definition) is 1. The third-order valence-corrected chi connectivity index (χ3v) is 15.2. The summed E-state index contributed by atoms with van der Waals surface area (Å²) >= 11 is 0. The maximum atomic E-state index is 4.08. The van der Waals surface area contributed by atoms with Gasteiger partial charge in [0.25, 0.3) is 0 Å². The average Bonchev–Trinajstić information content (AvgIpc) is 4.06. The zero-order valence-corrected chi connectivity index (χ0v) is 39.0. The van der Waals surface area contributed by atoms with Gasteiger partial charge in [-0.05, 0) is 162 Å². The van der Waals surface area contributed by atoms with Gasteiger partial charge in [-0.2, -0.15) is 0 Å². The molecule has 0 bridgehead atoms. The molecule has 0 N–H and O–H groups in total. The molecule has 14 rings (SSSR count). The van der Waals surface area contributed by atoms with Gasteiger partial charge in [-0.25, -0.2) is 0 Å². The summed E-state index contributed by atoms with van der Waals surface area (Å²) in [5, 5.41) is 2.49. The first-order chi connectivity index (χ1) is 35.2. The predicted molar refractivity (Wildman–Crippen MR) is 298 cm³/mol. The van der Waals surface area contributed by atoms with Gasteiger partial charge in [-0.3, -0.25) is 0 Å². The Hall–Kier alpha value is -9.24. The molecule has 1 aromatic heterocycles. The van der Waals surface area contributed by atoms with Crippen molar-refractivity contribution in [3.63, 3.8) is 0 Å². The van der Waals surface area contributed by atoms with E-state index in [9.17, 15) is 0 Å². The lowest BCUT2D eigenvalue weighted by molar-refractivity contribution is 0.794. The minimum Gasteiger partial charge on any atom is -0.310 e. The molecule has 0 amide bonds. The predicted octanol–water partition coefficient (Wildman–Crippen LogP) is 18.2. The lowest BCUT2D eigenvalue weighted by Gasteiger charge is -2.32. The van der Waals surface area contributed by atoms with Crippen LogP contribution in [0.4, 0.5) is 17.1 Å². The SMILES string of the molecule is C=Cc1cccc(-c2ccc3c(c2)C2(c4ccccc4-3)c3ccccc3-c3ccc(N(c4ccc(-c5ccccc5)cc4)c4ccc(-c5ccc6c(c5)c5ccccc5n6-c5ccccc5)cc4)cc32)c1. The molecule has 0 aliphatic heterocycles. The van der Waals surface area contributed by atoms with Crippen LogP contribution >= 0.6 is 0 Å². The van der Waals surface area contributed by atoms with Crippen molar-refractivity contribution < 1.29 is 0 Å². The van der Waals surface area contributed by atoms with Crippen molar-refractivity contribution in [1.82, 2.24) is 4.57 Å². The summed E-state index contributed by atoms with van der Waals surface area (Å²) in [6.45, 7) is 4.08. The van der Waals surface area contributed by atoms with E-state index in [-0.39, 0.29) is 0 Å². The summed E-state index contributed by atoms with van der Waals surface area (Å²) in [5.41, 5.74) is 24.9. The van der Waals surface area contributed by atoms with Gasteiger partial charge < -0.3 is 9.47 Å². The fraction of sp³-hybridized carbons (Fsp3) is 0.0145. The van der Waals surface area contributed by atoms with Crippen molar-refractivity contribution >= 4 is 44.9 Å². The van der Waals surface area contributed by atoms with Gasteiger partial charge in [-0.1, -0.05) is 195 Å². The van der Waals surface area contributed by atoms with Gasteiger partial charge in [0.05, 0.1) is 16.4 Å². The van der Waals surface area contributed by atoms with Crippen molar-refractivity contribution in [2.24, 2.45) is 0 Å². The third-order valence-electron chi connectivity index (χ3n) is 15.2. The topological polar surface area (TPSA) is 8.17 Å². The van der Waals surface area contributed by atoms with Crippen LogP contribution in [-0.4, -0.2) is 4.57 Å². The summed E-state index contributed by atoms with van der Waals surface area (Å²) in [7, 11) is 0. The molecular formula is C69H46N2. The Labute approximate surface area is 414 Å². The molecule has 332 valence electrons. The normalized spacial score (nSPS) is 14.0. The van der Waals surface area contributed by atoms with E-state index >= 15 is 0 Å². The Bertz CT molecular complexity index is 4040. The molecule has 0 fully saturated rings. The molecule has 1 atom stereocenters. The van der Waals surface area contributed by atoms with Crippen LogP contribution in [0.15, 0.2) is 267 Å². The van der Waals surface area contributed by atoms with E-state index in [0.29, 0.717) is 0 Å². The summed E-state index contributed by atoms with van der Waals surface area (Å²) in [5.74, 6) is 0. The second-order valence-electron chi connectivity index (χ2n) is 18.9. The molecule has 11 aromatic carbocycles. The molecule has 1 unspecified atom stereocenters. The monoisotopic (exact) mass is 902 g/mol. The van der Waals surface area contributed by atoms with Crippen LogP contribution in [0, 0.1) is 0 Å². The van der Waals surface area contributed by atoms with Gasteiger partial charge in [0.15, 0.2) is 0 Å². The van der Waals surface area contributed by atoms with Gasteiger partial charge in [0, 0.05) is 33.5 Å². The lowest BCUT2D eigenvalue weighted by atomic mass is 9.70. The molecule has 1 heterocycles. The van der Waals surface area contributed by atoms with Gasteiger partial charge in [0.2, 0.25) is 0 Å². The van der Waals surface area contributed by atoms with E-state index in [1.807, 2.05) is 6.08 Å². The molecule has 2 aliphatic rings. The maximum Gasteiger partial charge on any atom is 0.0726 e. The Kier molecular flexibility index (Phi) is 9.30. The molecule has 2 heteroatoms. The van der Waals surface area contributed by atoms with E-state index < -0.39 is 5.41 Å². The zero-order chi connectivity index (χ0) is 47.0. The number of nitrogens with zero attached hydrogens (tertiary/aromatic N) is 2. The molecule has 0 saturated heterocycles. The summed E-state index contributed by atoms with van der Waals surface area (Å²) in [6.07, 6.45) is 1.93. The van der Waals surface area contributed by atoms with Crippen LogP contribution in [-0.2, 0) is 5.41 Å². The molecule has 71 heavy (non-hydrogen) atoms. The minimum atomic E-state index is -0.533. The fourth-order valence-electron chi connectivity index (χ4n) is 12.0. The molecule has 2 aliphatic carbocycles. The van der Waals surface area contributed by atoms with Crippen LogP contribution in [0.1, 0.15) is 27.8 Å². The van der Waals surface area contributed by atoms with Crippen LogP contribution < -0.4 is 4.90 Å². The Morgan fingerprint density at radius 1 is 0.324 bits per heavy atom. The minimum absolute atomic E-state index is 0.533. The second kappa shape index (κ2) is 16.2. The highest BCUT2D eigenvalue weighted by molar-refractivity contribution is 6.10. The van der Waals surface area contributed by atoms with Crippen LogP contribution in [0.3, 0.4) is 0 Å². The average molecular weight is 903 g/mol. The van der Waals surface area contributed by atoms with Gasteiger partial charge >= 0.3 is 0 Å². The Morgan fingerprint density at radius 3 is 1.51 bits per heavy atom. The number of fused-ring (bicyclic) bond motifs is 13. The molecule has 0 radical (unpaired) electrons. The summed E-state index contributed by atoms with van der Waals surface area (Å²) < 4.78 is 2.38. The van der Waals surface area contributed by atoms with Crippen LogP contribution in [0.5, 0.6) is 0 Å². The van der Waals surface area contributed by atoms with Crippen LogP contribution in [0.2, 0.25) is 0 Å². The summed E-state index contributed by atoms with van der Waals surface area (Å²) in [4.78, 5) is 2.44. The lowest BCUT2D eigenvalue weighted by Crippen LogP contribution is -2.26.